The molecule has 85 valence electrons. The Bertz CT molecular complexity index is 125. The van der Waals surface area contributed by atoms with Gasteiger partial charge in [0.1, 0.15) is 0 Å². The van der Waals surface area contributed by atoms with E-state index in [0.29, 0.717) is 6.54 Å². The van der Waals surface area contributed by atoms with Crippen molar-refractivity contribution < 1.29 is 13.3 Å². The van der Waals surface area contributed by atoms with Crippen LogP contribution in [0.15, 0.2) is 0 Å². The van der Waals surface area contributed by atoms with Gasteiger partial charge in [0.25, 0.3) is 0 Å². The lowest BCUT2D eigenvalue weighted by atomic mass is 10.5. The van der Waals surface area contributed by atoms with Crippen molar-refractivity contribution in [2.45, 2.75) is 12.5 Å². The molecule has 0 heterocycles. The molecule has 0 bridgehead atoms. The van der Waals surface area contributed by atoms with E-state index in [1.54, 1.807) is 21.3 Å². The third kappa shape index (κ3) is 5.04. The normalized spacial score (nSPS) is 12.0. The summed E-state index contributed by atoms with van der Waals surface area (Å²) in [7, 11) is 2.50. The zero-order chi connectivity index (χ0) is 10.9. The Morgan fingerprint density at radius 3 is 2.07 bits per heavy atom. The van der Waals surface area contributed by atoms with E-state index in [9.17, 15) is 0 Å². The molecule has 0 spiro atoms. The van der Waals surface area contributed by atoms with Crippen molar-refractivity contribution in [2.24, 2.45) is 0 Å². The van der Waals surface area contributed by atoms with Crippen molar-refractivity contribution in [3.8, 4) is 0 Å². The van der Waals surface area contributed by atoms with Crippen molar-refractivity contribution in [1.29, 1.82) is 0 Å². The van der Waals surface area contributed by atoms with Gasteiger partial charge in [0.05, 0.1) is 0 Å². The molecule has 0 aromatic carbocycles. The minimum absolute atomic E-state index is 0.418. The van der Waals surface area contributed by atoms with Gasteiger partial charge in [-0.1, -0.05) is 0 Å². The van der Waals surface area contributed by atoms with Crippen molar-refractivity contribution >= 4 is 8.80 Å². The Morgan fingerprint density at radius 1 is 1.07 bits per heavy atom. The maximum absolute atomic E-state index is 6.94. The fourth-order valence-electron chi connectivity index (χ4n) is 1.20. The molecule has 0 atom stereocenters. The van der Waals surface area contributed by atoms with Crippen molar-refractivity contribution in [3.63, 3.8) is 0 Å². The number of rotatable bonds is 9. The molecule has 1 radical (unpaired) electrons. The van der Waals surface area contributed by atoms with Gasteiger partial charge in [0.2, 0.25) is 0 Å². The molecule has 2 N–H and O–H groups in total. The van der Waals surface area contributed by atoms with Crippen molar-refractivity contribution in [1.82, 2.24) is 11.1 Å². The van der Waals surface area contributed by atoms with Gasteiger partial charge in [-0.2, -0.15) is 0 Å². The maximum Gasteiger partial charge on any atom is 0.500 e. The quantitative estimate of drug-likeness (QED) is 0.444. The lowest BCUT2D eigenvalue weighted by molar-refractivity contribution is 0.123. The molecule has 5 nitrogen and oxygen atoms in total. The molecule has 0 rings (SSSR count). The van der Waals surface area contributed by atoms with Crippen LogP contribution in [0.2, 0.25) is 6.04 Å². The summed E-state index contributed by atoms with van der Waals surface area (Å²) in [5.74, 6) is 0. The highest BCUT2D eigenvalue weighted by molar-refractivity contribution is 6.60. The monoisotopic (exact) mass is 221 g/mol. The second-order valence-corrected chi connectivity index (χ2v) is 5.99. The van der Waals surface area contributed by atoms with Crippen LogP contribution in [0, 0.1) is 0 Å². The molecule has 0 amide bonds. The van der Waals surface area contributed by atoms with Gasteiger partial charge >= 0.3 is 8.80 Å². The first kappa shape index (κ1) is 14.0. The molecule has 14 heavy (non-hydrogen) atoms. The fourth-order valence-corrected chi connectivity index (χ4v) is 2.92. The first-order valence-corrected chi connectivity index (χ1v) is 6.68. The van der Waals surface area contributed by atoms with Crippen LogP contribution < -0.4 is 11.1 Å². The van der Waals surface area contributed by atoms with Crippen LogP contribution >= 0.6 is 0 Å². The zero-order valence-electron chi connectivity index (χ0n) is 9.26. The van der Waals surface area contributed by atoms with Gasteiger partial charge in [-0.15, -0.1) is 0 Å². The fraction of sp³-hybridized carbons (Fsp3) is 1.00. The highest BCUT2D eigenvalue weighted by Gasteiger charge is 2.36. The van der Waals surface area contributed by atoms with E-state index in [2.05, 4.69) is 5.32 Å². The Labute approximate surface area is 87.3 Å². The Balaban J connectivity index is 3.61. The van der Waals surface area contributed by atoms with E-state index < -0.39 is 8.80 Å². The Morgan fingerprint density at radius 2 is 1.64 bits per heavy atom. The minimum Gasteiger partial charge on any atom is -0.377 e. The van der Waals surface area contributed by atoms with E-state index in [1.165, 1.54) is 0 Å². The first-order valence-electron chi connectivity index (χ1n) is 4.75. The van der Waals surface area contributed by atoms with E-state index >= 15 is 0 Å². The molecular formula is C8H21N2O3Si. The maximum atomic E-state index is 6.94. The molecule has 0 fully saturated rings. The van der Waals surface area contributed by atoms with E-state index in [0.717, 1.165) is 25.6 Å². The van der Waals surface area contributed by atoms with Crippen molar-refractivity contribution in [2.75, 3.05) is 41.0 Å². The average Bonchev–Trinajstić information content (AvgIpc) is 2.24. The summed E-state index contributed by atoms with van der Waals surface area (Å²) in [4.78, 5) is 0. The highest BCUT2D eigenvalue weighted by Crippen LogP contribution is 2.13. The molecule has 0 aliphatic rings. The largest absolute Gasteiger partial charge is 0.500 e. The van der Waals surface area contributed by atoms with Crippen LogP contribution in [0.1, 0.15) is 6.42 Å². The molecule has 0 saturated carbocycles. The minimum atomic E-state index is -2.36. The summed E-state index contributed by atoms with van der Waals surface area (Å²) in [5.41, 5.74) is 6.94. The van der Waals surface area contributed by atoms with Gasteiger partial charge in [-0.05, 0) is 13.0 Å². The smallest absolute Gasteiger partial charge is 0.377 e. The number of hydrogen-bond acceptors (Lipinski definition) is 4. The van der Waals surface area contributed by atoms with Crippen LogP contribution in [0.5, 0.6) is 0 Å². The second-order valence-electron chi connectivity index (χ2n) is 2.90. The standard InChI is InChI=1S/C8H21N2O3Si/c1-11-14(12-2,13-3)8-4-6-10-7-5-9/h9-10H,4-8H2,1-3H3. The predicted octanol–water partition coefficient (Wildman–Crippen LogP) is 0.127. The Kier molecular flexibility index (Phi) is 8.35. The molecule has 0 aliphatic heterocycles. The third-order valence-corrected chi connectivity index (χ3v) is 4.90. The summed E-state index contributed by atoms with van der Waals surface area (Å²) >= 11 is 0. The van der Waals surface area contributed by atoms with Gasteiger partial charge in [0.15, 0.2) is 0 Å². The lowest BCUT2D eigenvalue weighted by Gasteiger charge is -2.24. The van der Waals surface area contributed by atoms with Crippen LogP contribution in [0.4, 0.5) is 0 Å². The van der Waals surface area contributed by atoms with Crippen molar-refractivity contribution in [3.05, 3.63) is 0 Å². The molecule has 0 unspecified atom stereocenters. The molecule has 0 saturated heterocycles. The van der Waals surface area contributed by atoms with E-state index in [4.69, 9.17) is 19.0 Å². The molecular weight excluding hydrogens is 200 g/mol. The predicted molar refractivity (Wildman–Crippen MR) is 57.0 cm³/mol. The lowest BCUT2D eigenvalue weighted by Crippen LogP contribution is -2.43. The van der Waals surface area contributed by atoms with E-state index in [-0.39, 0.29) is 0 Å². The molecule has 0 aromatic rings. The SMILES string of the molecule is CO[Si](CCCNCC[NH])(OC)OC. The van der Waals surface area contributed by atoms with Gasteiger partial charge < -0.3 is 18.6 Å². The average molecular weight is 221 g/mol. The van der Waals surface area contributed by atoms with Gasteiger partial charge in [-0.25, -0.2) is 0 Å². The summed E-state index contributed by atoms with van der Waals surface area (Å²) in [5, 5.41) is 3.15. The van der Waals surface area contributed by atoms with Gasteiger partial charge in [-0.3, -0.25) is 5.73 Å². The summed E-state index contributed by atoms with van der Waals surface area (Å²) < 4.78 is 15.8. The van der Waals surface area contributed by atoms with Crippen LogP contribution in [-0.4, -0.2) is 49.8 Å². The first-order chi connectivity index (χ1) is 6.74. The summed E-state index contributed by atoms with van der Waals surface area (Å²) in [6, 6.07) is 0.807. The third-order valence-electron chi connectivity index (χ3n) is 2.07. The van der Waals surface area contributed by atoms with Crippen LogP contribution in [0.3, 0.4) is 0 Å². The molecule has 0 aromatic heterocycles. The summed E-state index contributed by atoms with van der Waals surface area (Å²) in [6.45, 7) is 2.03. The topological polar surface area (TPSA) is 63.5 Å². The van der Waals surface area contributed by atoms with Gasteiger partial charge in [0, 0.05) is 40.5 Å². The highest BCUT2D eigenvalue weighted by atomic mass is 28.4. The van der Waals surface area contributed by atoms with E-state index in [1.807, 2.05) is 0 Å². The number of nitrogens with one attached hydrogen (secondary N) is 2. The zero-order valence-corrected chi connectivity index (χ0v) is 10.3. The van der Waals surface area contributed by atoms with Crippen LogP contribution in [-0.2, 0) is 13.3 Å². The molecule has 0 aliphatic carbocycles. The molecule has 6 heteroatoms. The summed E-state index contributed by atoms with van der Waals surface area (Å²) in [6.07, 6.45) is 0.946. The second kappa shape index (κ2) is 8.34. The number of hydrogen-bond donors (Lipinski definition) is 1. The van der Waals surface area contributed by atoms with Crippen LogP contribution in [0.25, 0.3) is 0 Å². The Hall–Kier alpha value is 0.0169.